The lowest BCUT2D eigenvalue weighted by Gasteiger charge is -2.01. The quantitative estimate of drug-likeness (QED) is 0.707. The first-order valence-electron chi connectivity index (χ1n) is 4.63. The van der Waals surface area contributed by atoms with Gasteiger partial charge >= 0.3 is 5.97 Å². The molecule has 5 heteroatoms. The SMILES string of the molecule is COC(=O)c1cncc(-c2ccccn2)n1. The summed E-state index contributed by atoms with van der Waals surface area (Å²) in [5, 5.41) is 0. The van der Waals surface area contributed by atoms with E-state index in [4.69, 9.17) is 0 Å². The number of pyridine rings is 1. The summed E-state index contributed by atoms with van der Waals surface area (Å²) in [7, 11) is 1.30. The minimum absolute atomic E-state index is 0.172. The second-order valence-electron chi connectivity index (χ2n) is 3.00. The van der Waals surface area contributed by atoms with E-state index in [-0.39, 0.29) is 5.69 Å². The van der Waals surface area contributed by atoms with Gasteiger partial charge in [-0.25, -0.2) is 9.78 Å². The number of hydrogen-bond donors (Lipinski definition) is 0. The molecule has 0 saturated carbocycles. The third-order valence-electron chi connectivity index (χ3n) is 1.96. The molecule has 0 aliphatic heterocycles. The van der Waals surface area contributed by atoms with E-state index in [1.165, 1.54) is 13.3 Å². The number of carbonyl (C=O) groups excluding carboxylic acids is 1. The van der Waals surface area contributed by atoms with E-state index in [1.807, 2.05) is 6.07 Å². The second kappa shape index (κ2) is 4.48. The van der Waals surface area contributed by atoms with E-state index >= 15 is 0 Å². The van der Waals surface area contributed by atoms with E-state index in [2.05, 4.69) is 19.7 Å². The fourth-order valence-electron chi connectivity index (χ4n) is 1.21. The van der Waals surface area contributed by atoms with Gasteiger partial charge in [0.15, 0.2) is 5.69 Å². The third-order valence-corrected chi connectivity index (χ3v) is 1.96. The van der Waals surface area contributed by atoms with Crippen LogP contribution >= 0.6 is 0 Å². The molecule has 0 aliphatic carbocycles. The monoisotopic (exact) mass is 215 g/mol. The molecule has 0 fully saturated rings. The van der Waals surface area contributed by atoms with Gasteiger partial charge in [0.25, 0.3) is 0 Å². The van der Waals surface area contributed by atoms with Crippen LogP contribution in [0.2, 0.25) is 0 Å². The van der Waals surface area contributed by atoms with Gasteiger partial charge in [-0.2, -0.15) is 0 Å². The molecule has 0 unspecified atom stereocenters. The molecule has 0 amide bonds. The Labute approximate surface area is 92.2 Å². The zero-order valence-corrected chi connectivity index (χ0v) is 8.62. The Kier molecular flexibility index (Phi) is 2.86. The Morgan fingerprint density at radius 3 is 2.81 bits per heavy atom. The zero-order chi connectivity index (χ0) is 11.4. The minimum Gasteiger partial charge on any atom is -0.464 e. The molecule has 80 valence electrons. The molecule has 0 bridgehead atoms. The molecule has 0 saturated heterocycles. The number of nitrogens with zero attached hydrogens (tertiary/aromatic N) is 3. The molecule has 0 N–H and O–H groups in total. The Hall–Kier alpha value is -2.30. The summed E-state index contributed by atoms with van der Waals surface area (Å²) in [4.78, 5) is 23.4. The minimum atomic E-state index is -0.509. The van der Waals surface area contributed by atoms with E-state index < -0.39 is 5.97 Å². The fourth-order valence-corrected chi connectivity index (χ4v) is 1.21. The molecular formula is C11H9N3O2. The smallest absolute Gasteiger partial charge is 0.358 e. The first-order valence-corrected chi connectivity index (χ1v) is 4.63. The van der Waals surface area contributed by atoms with Gasteiger partial charge in [0.1, 0.15) is 5.69 Å². The van der Waals surface area contributed by atoms with Crippen LogP contribution < -0.4 is 0 Å². The van der Waals surface area contributed by atoms with Crippen molar-refractivity contribution < 1.29 is 9.53 Å². The summed E-state index contributed by atoms with van der Waals surface area (Å²) in [6.07, 6.45) is 4.56. The molecule has 2 aromatic heterocycles. The summed E-state index contributed by atoms with van der Waals surface area (Å²) in [5.74, 6) is -0.509. The summed E-state index contributed by atoms with van der Waals surface area (Å²) >= 11 is 0. The molecule has 0 spiro atoms. The van der Waals surface area contributed by atoms with Crippen molar-refractivity contribution in [3.05, 3.63) is 42.5 Å². The number of esters is 1. The summed E-state index contributed by atoms with van der Waals surface area (Å²) in [6.45, 7) is 0. The predicted molar refractivity (Wildman–Crippen MR) is 56.6 cm³/mol. The van der Waals surface area contributed by atoms with Crippen molar-refractivity contribution >= 4 is 5.97 Å². The summed E-state index contributed by atoms with van der Waals surface area (Å²) < 4.78 is 4.57. The third kappa shape index (κ3) is 2.03. The molecular weight excluding hydrogens is 206 g/mol. The highest BCUT2D eigenvalue weighted by molar-refractivity contribution is 5.87. The van der Waals surface area contributed by atoms with Gasteiger partial charge in [0, 0.05) is 6.20 Å². The van der Waals surface area contributed by atoms with Crippen LogP contribution in [0.4, 0.5) is 0 Å². The van der Waals surface area contributed by atoms with Crippen LogP contribution in [0.15, 0.2) is 36.8 Å². The van der Waals surface area contributed by atoms with E-state index in [1.54, 1.807) is 24.5 Å². The molecule has 2 rings (SSSR count). The average Bonchev–Trinajstić information content (AvgIpc) is 2.39. The highest BCUT2D eigenvalue weighted by atomic mass is 16.5. The Morgan fingerprint density at radius 1 is 1.25 bits per heavy atom. The van der Waals surface area contributed by atoms with Gasteiger partial charge in [-0.05, 0) is 12.1 Å². The number of carbonyl (C=O) groups is 1. The Morgan fingerprint density at radius 2 is 2.12 bits per heavy atom. The van der Waals surface area contributed by atoms with Crippen LogP contribution in [-0.4, -0.2) is 28.0 Å². The summed E-state index contributed by atoms with van der Waals surface area (Å²) in [5.41, 5.74) is 1.38. The fraction of sp³-hybridized carbons (Fsp3) is 0.0909. The lowest BCUT2D eigenvalue weighted by Crippen LogP contribution is -2.05. The highest BCUT2D eigenvalue weighted by Gasteiger charge is 2.09. The van der Waals surface area contributed by atoms with Crippen molar-refractivity contribution in [3.63, 3.8) is 0 Å². The maximum absolute atomic E-state index is 11.3. The van der Waals surface area contributed by atoms with Crippen LogP contribution in [0.3, 0.4) is 0 Å². The molecule has 0 aromatic carbocycles. The highest BCUT2D eigenvalue weighted by Crippen LogP contribution is 2.12. The molecule has 0 radical (unpaired) electrons. The Bertz CT molecular complexity index is 500. The standard InChI is InChI=1S/C11H9N3O2/c1-16-11(15)10-7-12-6-9(14-10)8-4-2-3-5-13-8/h2-7H,1H3. The number of rotatable bonds is 2. The van der Waals surface area contributed by atoms with Gasteiger partial charge in [0.2, 0.25) is 0 Å². The van der Waals surface area contributed by atoms with Crippen LogP contribution in [0.5, 0.6) is 0 Å². The van der Waals surface area contributed by atoms with Crippen molar-refractivity contribution in [3.8, 4) is 11.4 Å². The number of ether oxygens (including phenoxy) is 1. The normalized spacial score (nSPS) is 9.81. The van der Waals surface area contributed by atoms with Crippen LogP contribution in [0.25, 0.3) is 11.4 Å². The van der Waals surface area contributed by atoms with Gasteiger partial charge in [0.05, 0.1) is 25.2 Å². The lowest BCUT2D eigenvalue weighted by atomic mass is 10.3. The van der Waals surface area contributed by atoms with Gasteiger partial charge < -0.3 is 4.74 Å². The van der Waals surface area contributed by atoms with Gasteiger partial charge in [-0.1, -0.05) is 6.07 Å². The molecule has 2 aromatic rings. The maximum Gasteiger partial charge on any atom is 0.358 e. The number of hydrogen-bond acceptors (Lipinski definition) is 5. The number of methoxy groups -OCH3 is 1. The largest absolute Gasteiger partial charge is 0.464 e. The van der Waals surface area contributed by atoms with Crippen molar-refractivity contribution in [1.82, 2.24) is 15.0 Å². The van der Waals surface area contributed by atoms with E-state index in [0.29, 0.717) is 11.4 Å². The number of aromatic nitrogens is 3. The first-order chi connectivity index (χ1) is 7.81. The molecule has 16 heavy (non-hydrogen) atoms. The van der Waals surface area contributed by atoms with Crippen LogP contribution in [0, 0.1) is 0 Å². The first kappa shape index (κ1) is 10.2. The van der Waals surface area contributed by atoms with E-state index in [9.17, 15) is 4.79 Å². The molecule has 5 nitrogen and oxygen atoms in total. The maximum atomic E-state index is 11.3. The van der Waals surface area contributed by atoms with Crippen molar-refractivity contribution in [1.29, 1.82) is 0 Å². The van der Waals surface area contributed by atoms with Crippen molar-refractivity contribution in [2.75, 3.05) is 7.11 Å². The lowest BCUT2D eigenvalue weighted by molar-refractivity contribution is 0.0593. The second-order valence-corrected chi connectivity index (χ2v) is 3.00. The molecule has 0 atom stereocenters. The van der Waals surface area contributed by atoms with Crippen LogP contribution in [0.1, 0.15) is 10.5 Å². The van der Waals surface area contributed by atoms with Crippen LogP contribution in [-0.2, 0) is 4.74 Å². The Balaban J connectivity index is 2.40. The summed E-state index contributed by atoms with van der Waals surface area (Å²) in [6, 6.07) is 5.45. The van der Waals surface area contributed by atoms with Crippen molar-refractivity contribution in [2.24, 2.45) is 0 Å². The van der Waals surface area contributed by atoms with Gasteiger partial charge in [-0.15, -0.1) is 0 Å². The van der Waals surface area contributed by atoms with Gasteiger partial charge in [-0.3, -0.25) is 9.97 Å². The topological polar surface area (TPSA) is 65.0 Å². The van der Waals surface area contributed by atoms with Crippen molar-refractivity contribution in [2.45, 2.75) is 0 Å². The molecule has 0 aliphatic rings. The van der Waals surface area contributed by atoms with E-state index in [0.717, 1.165) is 0 Å². The molecule has 2 heterocycles. The zero-order valence-electron chi connectivity index (χ0n) is 8.62. The average molecular weight is 215 g/mol. The predicted octanol–water partition coefficient (Wildman–Crippen LogP) is 1.33.